The lowest BCUT2D eigenvalue weighted by Crippen LogP contribution is -2.10. The minimum absolute atomic E-state index is 0.374. The van der Waals surface area contributed by atoms with Gasteiger partial charge in [-0.25, -0.2) is 0 Å². The first-order valence-corrected chi connectivity index (χ1v) is 4.92. The highest BCUT2D eigenvalue weighted by molar-refractivity contribution is 6.19. The number of ether oxygens (including phenoxy) is 1. The van der Waals surface area contributed by atoms with Gasteiger partial charge in [-0.2, -0.15) is 0 Å². The van der Waals surface area contributed by atoms with Gasteiger partial charge in [0.1, 0.15) is 12.4 Å². The summed E-state index contributed by atoms with van der Waals surface area (Å²) in [7, 11) is 0. The number of hydrogen-bond donors (Lipinski definition) is 1. The topological polar surface area (TPSA) is 52.3 Å². The second-order valence-electron chi connectivity index (χ2n) is 3.06. The van der Waals surface area contributed by atoms with Crippen molar-refractivity contribution in [2.75, 3.05) is 12.5 Å². The molecule has 0 unspecified atom stereocenters. The molecule has 1 amide bonds. The summed E-state index contributed by atoms with van der Waals surface area (Å²) in [4.78, 5) is 10.8. The van der Waals surface area contributed by atoms with Crippen LogP contribution in [0.25, 0.3) is 0 Å². The van der Waals surface area contributed by atoms with Crippen LogP contribution in [0.2, 0.25) is 0 Å². The molecule has 0 aliphatic carbocycles. The Hall–Kier alpha value is -1.48. The maximum atomic E-state index is 10.8. The minimum atomic E-state index is -0.452. The van der Waals surface area contributed by atoms with E-state index in [0.29, 0.717) is 23.8 Å². The number of carbonyl (C=O) groups excluding carboxylic acids is 1. The largest absolute Gasteiger partial charge is 0.489 e. The molecule has 0 aromatic heterocycles. The third kappa shape index (κ3) is 3.64. The molecule has 0 bridgehead atoms. The van der Waals surface area contributed by atoms with Crippen molar-refractivity contribution in [1.82, 2.24) is 0 Å². The molecule has 0 aliphatic heterocycles. The maximum absolute atomic E-state index is 10.8. The molecule has 1 aromatic carbocycles. The van der Waals surface area contributed by atoms with Crippen molar-refractivity contribution >= 4 is 17.5 Å². The Labute approximate surface area is 93.5 Å². The maximum Gasteiger partial charge on any atom is 0.248 e. The van der Waals surface area contributed by atoms with Crippen molar-refractivity contribution in [3.63, 3.8) is 0 Å². The second-order valence-corrected chi connectivity index (χ2v) is 3.33. The third-order valence-corrected chi connectivity index (χ3v) is 2.15. The highest BCUT2D eigenvalue weighted by Gasteiger charge is 2.00. The molecule has 15 heavy (non-hydrogen) atoms. The number of halogens is 1. The molecule has 4 heteroatoms. The molecule has 0 spiro atoms. The van der Waals surface area contributed by atoms with E-state index in [1.807, 2.05) is 0 Å². The SMILES string of the molecule is C=C(CCl)COc1ccc(C(N)=O)cc1. The van der Waals surface area contributed by atoms with E-state index in [2.05, 4.69) is 6.58 Å². The molecule has 0 saturated carbocycles. The molecule has 3 nitrogen and oxygen atoms in total. The fraction of sp³-hybridized carbons (Fsp3) is 0.182. The van der Waals surface area contributed by atoms with Crippen LogP contribution in [0.4, 0.5) is 0 Å². The zero-order chi connectivity index (χ0) is 11.3. The molecule has 1 aromatic rings. The summed E-state index contributed by atoms with van der Waals surface area (Å²) in [6.45, 7) is 4.08. The normalized spacial score (nSPS) is 9.67. The standard InChI is InChI=1S/C11H12ClNO2/c1-8(6-12)7-15-10-4-2-9(3-5-10)11(13)14/h2-5H,1,6-7H2,(H2,13,14). The minimum Gasteiger partial charge on any atom is -0.489 e. The average Bonchev–Trinajstić information content (AvgIpc) is 2.26. The number of amides is 1. The van der Waals surface area contributed by atoms with Gasteiger partial charge in [0.25, 0.3) is 0 Å². The highest BCUT2D eigenvalue weighted by Crippen LogP contribution is 2.12. The van der Waals surface area contributed by atoms with Crippen molar-refractivity contribution in [2.45, 2.75) is 0 Å². The lowest BCUT2D eigenvalue weighted by atomic mass is 10.2. The summed E-state index contributed by atoms with van der Waals surface area (Å²) in [6.07, 6.45) is 0. The molecule has 0 aliphatic rings. The van der Waals surface area contributed by atoms with Crippen LogP contribution in [-0.4, -0.2) is 18.4 Å². The van der Waals surface area contributed by atoms with E-state index in [9.17, 15) is 4.79 Å². The molecule has 0 atom stereocenters. The van der Waals surface area contributed by atoms with Crippen LogP contribution < -0.4 is 10.5 Å². The Morgan fingerprint density at radius 1 is 1.40 bits per heavy atom. The summed E-state index contributed by atoms with van der Waals surface area (Å²) in [5.41, 5.74) is 6.35. The quantitative estimate of drug-likeness (QED) is 0.615. The van der Waals surface area contributed by atoms with E-state index >= 15 is 0 Å². The first-order valence-electron chi connectivity index (χ1n) is 4.38. The molecule has 0 heterocycles. The van der Waals surface area contributed by atoms with E-state index in [-0.39, 0.29) is 0 Å². The van der Waals surface area contributed by atoms with Crippen LogP contribution in [0.5, 0.6) is 5.75 Å². The van der Waals surface area contributed by atoms with Gasteiger partial charge >= 0.3 is 0 Å². The van der Waals surface area contributed by atoms with Crippen molar-refractivity contribution < 1.29 is 9.53 Å². The Morgan fingerprint density at radius 2 is 2.00 bits per heavy atom. The predicted octanol–water partition coefficient (Wildman–Crippen LogP) is 1.96. The van der Waals surface area contributed by atoms with Gasteiger partial charge in [0.15, 0.2) is 0 Å². The fourth-order valence-electron chi connectivity index (χ4n) is 0.939. The van der Waals surface area contributed by atoms with E-state index in [1.165, 1.54) is 0 Å². The zero-order valence-electron chi connectivity index (χ0n) is 8.20. The van der Waals surface area contributed by atoms with Crippen LogP contribution in [0, 0.1) is 0 Å². The average molecular weight is 226 g/mol. The smallest absolute Gasteiger partial charge is 0.248 e. The summed E-state index contributed by atoms with van der Waals surface area (Å²) < 4.78 is 5.36. The van der Waals surface area contributed by atoms with Crippen LogP contribution in [0.1, 0.15) is 10.4 Å². The van der Waals surface area contributed by atoms with Crippen molar-refractivity contribution in [1.29, 1.82) is 0 Å². The predicted molar refractivity (Wildman–Crippen MR) is 60.3 cm³/mol. The van der Waals surface area contributed by atoms with E-state index in [1.54, 1.807) is 24.3 Å². The highest BCUT2D eigenvalue weighted by atomic mass is 35.5. The Balaban J connectivity index is 2.57. The summed E-state index contributed by atoms with van der Waals surface area (Å²) in [5, 5.41) is 0. The lowest BCUT2D eigenvalue weighted by molar-refractivity contribution is 0.100. The molecule has 80 valence electrons. The number of nitrogens with two attached hydrogens (primary N) is 1. The fourth-order valence-corrected chi connectivity index (χ4v) is 1.02. The Bertz CT molecular complexity index is 359. The van der Waals surface area contributed by atoms with Gasteiger partial charge in [-0.05, 0) is 29.8 Å². The number of rotatable bonds is 5. The monoisotopic (exact) mass is 225 g/mol. The van der Waals surface area contributed by atoms with Crippen LogP contribution >= 0.6 is 11.6 Å². The molecular formula is C11H12ClNO2. The van der Waals surface area contributed by atoms with Gasteiger partial charge < -0.3 is 10.5 Å². The van der Waals surface area contributed by atoms with Crippen LogP contribution in [0.3, 0.4) is 0 Å². The second kappa shape index (κ2) is 5.41. The molecule has 2 N–H and O–H groups in total. The van der Waals surface area contributed by atoms with Crippen molar-refractivity contribution in [3.8, 4) is 5.75 Å². The first-order chi connectivity index (χ1) is 7.13. The van der Waals surface area contributed by atoms with Crippen molar-refractivity contribution in [2.24, 2.45) is 5.73 Å². The van der Waals surface area contributed by atoms with Gasteiger partial charge in [-0.1, -0.05) is 6.58 Å². The third-order valence-electron chi connectivity index (χ3n) is 1.77. The molecule has 0 radical (unpaired) electrons. The van der Waals surface area contributed by atoms with E-state index in [0.717, 1.165) is 5.57 Å². The number of alkyl halides is 1. The van der Waals surface area contributed by atoms with Gasteiger partial charge in [-0.15, -0.1) is 11.6 Å². The summed E-state index contributed by atoms with van der Waals surface area (Å²) >= 11 is 5.54. The number of benzene rings is 1. The lowest BCUT2D eigenvalue weighted by Gasteiger charge is -2.06. The molecule has 0 saturated heterocycles. The number of primary amides is 1. The Kier molecular flexibility index (Phi) is 4.18. The Morgan fingerprint density at radius 3 is 2.47 bits per heavy atom. The van der Waals surface area contributed by atoms with Gasteiger partial charge in [-0.3, -0.25) is 4.79 Å². The molecule has 0 fully saturated rings. The van der Waals surface area contributed by atoms with Gasteiger partial charge in [0.05, 0.1) is 0 Å². The van der Waals surface area contributed by atoms with E-state index in [4.69, 9.17) is 22.1 Å². The summed E-state index contributed by atoms with van der Waals surface area (Å²) in [5.74, 6) is 0.581. The molecular weight excluding hydrogens is 214 g/mol. The first kappa shape index (κ1) is 11.6. The van der Waals surface area contributed by atoms with Crippen molar-refractivity contribution in [3.05, 3.63) is 42.0 Å². The summed E-state index contributed by atoms with van der Waals surface area (Å²) in [6, 6.07) is 6.59. The van der Waals surface area contributed by atoms with Crippen LogP contribution in [-0.2, 0) is 0 Å². The van der Waals surface area contributed by atoms with Gasteiger partial charge in [0, 0.05) is 11.4 Å². The molecule has 1 rings (SSSR count). The number of carbonyl (C=O) groups is 1. The van der Waals surface area contributed by atoms with Gasteiger partial charge in [0.2, 0.25) is 5.91 Å². The number of hydrogen-bond acceptors (Lipinski definition) is 2. The van der Waals surface area contributed by atoms with Crippen LogP contribution in [0.15, 0.2) is 36.4 Å². The van der Waals surface area contributed by atoms with E-state index < -0.39 is 5.91 Å². The zero-order valence-corrected chi connectivity index (χ0v) is 8.96.